The molecular formula is C21H21FN4O2. The maximum absolute atomic E-state index is 13.7. The molecule has 0 bridgehead atoms. The van der Waals surface area contributed by atoms with Gasteiger partial charge in [0.05, 0.1) is 13.3 Å². The number of nitrogens with one attached hydrogen (secondary N) is 2. The van der Waals surface area contributed by atoms with E-state index in [2.05, 4.69) is 15.5 Å². The maximum atomic E-state index is 13.7. The molecule has 1 amide bonds. The van der Waals surface area contributed by atoms with E-state index < -0.39 is 11.9 Å². The van der Waals surface area contributed by atoms with Gasteiger partial charge in [-0.25, -0.2) is 4.39 Å². The molecule has 6 nitrogen and oxygen atoms in total. The summed E-state index contributed by atoms with van der Waals surface area (Å²) >= 11 is 0. The van der Waals surface area contributed by atoms with Crippen molar-refractivity contribution in [2.24, 2.45) is 0 Å². The fraction of sp³-hybridized carbons (Fsp3) is 0.238. The molecule has 3 aromatic rings. The van der Waals surface area contributed by atoms with Crippen LogP contribution in [0.25, 0.3) is 11.1 Å². The molecule has 1 fully saturated rings. The first-order chi connectivity index (χ1) is 13.5. The highest BCUT2D eigenvalue weighted by Gasteiger charge is 2.32. The van der Waals surface area contributed by atoms with E-state index >= 15 is 0 Å². The van der Waals surface area contributed by atoms with Gasteiger partial charge < -0.3 is 15.0 Å². The van der Waals surface area contributed by atoms with E-state index in [-0.39, 0.29) is 5.91 Å². The molecule has 1 aliphatic rings. The van der Waals surface area contributed by atoms with Gasteiger partial charge in [0.15, 0.2) is 0 Å². The van der Waals surface area contributed by atoms with E-state index in [0.29, 0.717) is 24.4 Å². The largest absolute Gasteiger partial charge is 0.497 e. The number of anilines is 2. The summed E-state index contributed by atoms with van der Waals surface area (Å²) in [4.78, 5) is 14.7. The monoisotopic (exact) mass is 380 g/mol. The number of aryl methyl sites for hydroxylation is 1. The van der Waals surface area contributed by atoms with Crippen LogP contribution in [0.1, 0.15) is 12.0 Å². The Bertz CT molecular complexity index is 1000. The second kappa shape index (κ2) is 7.34. The van der Waals surface area contributed by atoms with Crippen LogP contribution in [-0.4, -0.2) is 35.8 Å². The number of carbonyl (C=O) groups is 1. The summed E-state index contributed by atoms with van der Waals surface area (Å²) in [5.74, 6) is -0.0245. The Hall–Kier alpha value is -3.35. The zero-order valence-corrected chi connectivity index (χ0v) is 15.7. The van der Waals surface area contributed by atoms with E-state index in [1.165, 1.54) is 19.2 Å². The fourth-order valence-corrected chi connectivity index (χ4v) is 3.57. The molecule has 1 saturated heterocycles. The van der Waals surface area contributed by atoms with Gasteiger partial charge in [-0.15, -0.1) is 0 Å². The number of amides is 1. The van der Waals surface area contributed by atoms with Gasteiger partial charge in [-0.2, -0.15) is 5.10 Å². The Morgan fingerprint density at radius 1 is 1.29 bits per heavy atom. The average Bonchev–Trinajstić information content (AvgIpc) is 3.32. The van der Waals surface area contributed by atoms with E-state index in [1.807, 2.05) is 31.3 Å². The third-order valence-electron chi connectivity index (χ3n) is 4.98. The lowest BCUT2D eigenvalue weighted by Gasteiger charge is -2.19. The number of benzene rings is 2. The minimum absolute atomic E-state index is 0.0290. The highest BCUT2D eigenvalue weighted by Crippen LogP contribution is 2.30. The van der Waals surface area contributed by atoms with Gasteiger partial charge in [0, 0.05) is 41.8 Å². The Labute approximate surface area is 162 Å². The first kappa shape index (κ1) is 18.0. The van der Waals surface area contributed by atoms with Crippen molar-refractivity contribution in [2.45, 2.75) is 19.4 Å². The second-order valence-electron chi connectivity index (χ2n) is 6.84. The van der Waals surface area contributed by atoms with Gasteiger partial charge in [0.25, 0.3) is 0 Å². The maximum Gasteiger partial charge on any atom is 0.249 e. The number of hydrogen-bond donors (Lipinski definition) is 2. The summed E-state index contributed by atoms with van der Waals surface area (Å²) in [7, 11) is 1.48. The van der Waals surface area contributed by atoms with Gasteiger partial charge in [0.1, 0.15) is 17.6 Å². The molecule has 0 aliphatic carbocycles. The molecule has 0 saturated carbocycles. The zero-order valence-electron chi connectivity index (χ0n) is 15.7. The van der Waals surface area contributed by atoms with Crippen LogP contribution in [0.15, 0.2) is 48.8 Å². The van der Waals surface area contributed by atoms with E-state index in [1.54, 1.807) is 17.2 Å². The van der Waals surface area contributed by atoms with E-state index in [4.69, 9.17) is 4.74 Å². The van der Waals surface area contributed by atoms with Crippen LogP contribution in [0.2, 0.25) is 0 Å². The third-order valence-corrected chi connectivity index (χ3v) is 4.98. The molecule has 0 radical (unpaired) electrons. The number of nitrogens with zero attached hydrogens (tertiary/aromatic N) is 2. The fourth-order valence-electron chi connectivity index (χ4n) is 3.57. The number of aromatic nitrogens is 2. The minimum atomic E-state index is -0.408. The Morgan fingerprint density at radius 2 is 2.14 bits per heavy atom. The first-order valence-electron chi connectivity index (χ1n) is 9.07. The third kappa shape index (κ3) is 3.43. The molecule has 7 heteroatoms. The number of ether oxygens (including phenoxy) is 1. The van der Waals surface area contributed by atoms with E-state index in [9.17, 15) is 9.18 Å². The second-order valence-corrected chi connectivity index (χ2v) is 6.84. The van der Waals surface area contributed by atoms with Crippen molar-refractivity contribution in [1.29, 1.82) is 0 Å². The van der Waals surface area contributed by atoms with E-state index in [0.717, 1.165) is 22.4 Å². The number of methoxy groups -OCH3 is 1. The highest BCUT2D eigenvalue weighted by molar-refractivity contribution is 6.01. The number of halogens is 1. The molecule has 144 valence electrons. The number of carbonyl (C=O) groups excluding carboxylic acids is 1. The lowest BCUT2D eigenvalue weighted by molar-refractivity contribution is -0.117. The van der Waals surface area contributed by atoms with Crippen molar-refractivity contribution in [3.05, 3.63) is 60.2 Å². The number of rotatable bonds is 5. The lowest BCUT2D eigenvalue weighted by atomic mass is 10.0. The number of hydrogen-bond acceptors (Lipinski definition) is 4. The molecule has 1 unspecified atom stereocenters. The van der Waals surface area contributed by atoms with Crippen molar-refractivity contribution in [1.82, 2.24) is 10.2 Å². The SMILES string of the molecule is COc1cc(F)cc(NC2CCN(c3ccc(-c4cn[nH]c4)c(C)c3)C2=O)c1. The molecule has 1 aromatic heterocycles. The summed E-state index contributed by atoms with van der Waals surface area (Å²) in [6.45, 7) is 2.62. The molecule has 28 heavy (non-hydrogen) atoms. The number of aromatic amines is 1. The van der Waals surface area contributed by atoms with Crippen molar-refractivity contribution in [2.75, 3.05) is 23.9 Å². The van der Waals surface area contributed by atoms with Crippen molar-refractivity contribution in [3.8, 4) is 16.9 Å². The van der Waals surface area contributed by atoms with Gasteiger partial charge >= 0.3 is 0 Å². The molecule has 4 rings (SSSR count). The first-order valence-corrected chi connectivity index (χ1v) is 9.07. The van der Waals surface area contributed by atoms with Crippen LogP contribution in [-0.2, 0) is 4.79 Å². The van der Waals surface area contributed by atoms with Crippen molar-refractivity contribution < 1.29 is 13.9 Å². The van der Waals surface area contributed by atoms with Gasteiger partial charge in [-0.3, -0.25) is 9.89 Å². The molecular weight excluding hydrogens is 359 g/mol. The van der Waals surface area contributed by atoms with Crippen LogP contribution in [0.3, 0.4) is 0 Å². The normalized spacial score (nSPS) is 16.5. The molecule has 0 spiro atoms. The van der Waals surface area contributed by atoms with Gasteiger partial charge in [0.2, 0.25) is 5.91 Å². The number of H-pyrrole nitrogens is 1. The average molecular weight is 380 g/mol. The van der Waals surface area contributed by atoms with Crippen molar-refractivity contribution >= 4 is 17.3 Å². The zero-order chi connectivity index (χ0) is 19.7. The predicted octanol–water partition coefficient (Wildman–Crippen LogP) is 3.75. The standard InChI is InChI=1S/C21H21FN4O2/c1-13-7-17(3-4-19(13)14-11-23-24-12-14)26-6-5-20(21(26)27)25-16-8-15(22)9-18(10-16)28-2/h3-4,7-12,20,25H,5-6H2,1-2H3,(H,23,24). The topological polar surface area (TPSA) is 70.2 Å². The lowest BCUT2D eigenvalue weighted by Crippen LogP contribution is -2.33. The van der Waals surface area contributed by atoms with Crippen LogP contribution >= 0.6 is 0 Å². The van der Waals surface area contributed by atoms with Crippen LogP contribution in [0.5, 0.6) is 5.75 Å². The Balaban J connectivity index is 1.51. The summed E-state index contributed by atoms with van der Waals surface area (Å²) in [5, 5.41) is 9.93. The van der Waals surface area contributed by atoms with Crippen LogP contribution in [0.4, 0.5) is 15.8 Å². The Kier molecular flexibility index (Phi) is 4.73. The molecule has 2 aromatic carbocycles. The minimum Gasteiger partial charge on any atom is -0.497 e. The molecule has 2 heterocycles. The Morgan fingerprint density at radius 3 is 2.86 bits per heavy atom. The van der Waals surface area contributed by atoms with Crippen LogP contribution < -0.4 is 15.0 Å². The van der Waals surface area contributed by atoms with Gasteiger partial charge in [-0.05, 0) is 42.7 Å². The summed E-state index contributed by atoms with van der Waals surface area (Å²) in [6.07, 6.45) is 4.26. The summed E-state index contributed by atoms with van der Waals surface area (Å²) in [6, 6.07) is 9.90. The summed E-state index contributed by atoms with van der Waals surface area (Å²) < 4.78 is 18.8. The molecule has 1 atom stereocenters. The molecule has 2 N–H and O–H groups in total. The van der Waals surface area contributed by atoms with Crippen LogP contribution in [0, 0.1) is 12.7 Å². The van der Waals surface area contributed by atoms with Crippen molar-refractivity contribution in [3.63, 3.8) is 0 Å². The predicted molar refractivity (Wildman–Crippen MR) is 106 cm³/mol. The molecule has 1 aliphatic heterocycles. The highest BCUT2D eigenvalue weighted by atomic mass is 19.1. The summed E-state index contributed by atoms with van der Waals surface area (Å²) in [5.41, 5.74) is 4.54. The smallest absolute Gasteiger partial charge is 0.249 e. The quantitative estimate of drug-likeness (QED) is 0.707. The van der Waals surface area contributed by atoms with Gasteiger partial charge in [-0.1, -0.05) is 6.07 Å².